The number of nitrogens with two attached hydrogens (primary N) is 1. The molecule has 1 aliphatic heterocycles. The highest BCUT2D eigenvalue weighted by atomic mass is 35.5. The van der Waals surface area contributed by atoms with Crippen LogP contribution in [0.4, 0.5) is 0 Å². The van der Waals surface area contributed by atoms with Gasteiger partial charge in [-0.15, -0.1) is 12.4 Å². The van der Waals surface area contributed by atoms with Gasteiger partial charge in [-0.3, -0.25) is 4.79 Å². The average molecular weight is 427 g/mol. The number of rotatable bonds is 6. The molecule has 0 aliphatic carbocycles. The summed E-state index contributed by atoms with van der Waals surface area (Å²) < 4.78 is 7.54. The summed E-state index contributed by atoms with van der Waals surface area (Å²) in [5.41, 5.74) is 8.76. The number of para-hydroxylation sites is 1. The van der Waals surface area contributed by atoms with E-state index >= 15 is 0 Å². The topological polar surface area (TPSA) is 73.4 Å². The Balaban J connectivity index is 0.00000256. The van der Waals surface area contributed by atoms with E-state index in [0.29, 0.717) is 31.1 Å². The third kappa shape index (κ3) is 4.50. The molecule has 7 heteroatoms. The highest BCUT2D eigenvalue weighted by Gasteiger charge is 2.36. The minimum absolute atomic E-state index is 0. The molecule has 1 aromatic heterocycles. The van der Waals surface area contributed by atoms with E-state index in [0.717, 1.165) is 17.7 Å². The quantitative estimate of drug-likeness (QED) is 0.653. The summed E-state index contributed by atoms with van der Waals surface area (Å²) in [6.07, 6.45) is 2.64. The van der Waals surface area contributed by atoms with E-state index in [9.17, 15) is 4.79 Å². The molecule has 6 nitrogen and oxygen atoms in total. The molecular formula is C23H27ClN4O2. The zero-order valence-corrected chi connectivity index (χ0v) is 17.8. The van der Waals surface area contributed by atoms with Gasteiger partial charge in [0.25, 0.3) is 5.91 Å². The molecule has 2 aromatic carbocycles. The van der Waals surface area contributed by atoms with Gasteiger partial charge in [0.2, 0.25) is 0 Å². The fraction of sp³-hybridized carbons (Fsp3) is 0.304. The maximum absolute atomic E-state index is 13.3. The Labute approximate surface area is 183 Å². The lowest BCUT2D eigenvalue weighted by molar-refractivity contribution is 0.0778. The van der Waals surface area contributed by atoms with Crippen molar-refractivity contribution >= 4 is 18.3 Å². The van der Waals surface area contributed by atoms with Crippen LogP contribution >= 0.6 is 12.4 Å². The number of halogens is 1. The van der Waals surface area contributed by atoms with E-state index in [1.165, 1.54) is 0 Å². The molecule has 0 spiro atoms. The molecule has 2 heterocycles. The minimum Gasteiger partial charge on any atom is -0.489 e. The Hall–Kier alpha value is -2.83. The second-order valence-electron chi connectivity index (χ2n) is 7.36. The van der Waals surface area contributed by atoms with Crippen LogP contribution in [0.3, 0.4) is 0 Å². The standard InChI is InChI=1S/C23H26N4O2.ClH/c1-2-13-29-21-16-27(18-11-7-4-8-12-18)25-22(21)23(28)26-14-19(20(24)15-26)17-9-5-3-6-10-17;/h3-12,16,19-20H,2,13-15,24H2,1H3;1H/t19-,20+;/m0./s1. The number of likely N-dealkylation sites (tertiary alicyclic amines) is 1. The Morgan fingerprint density at radius 3 is 2.43 bits per heavy atom. The molecule has 1 aliphatic rings. The second kappa shape index (κ2) is 9.78. The Bertz CT molecular complexity index is 962. The van der Waals surface area contributed by atoms with Crippen LogP contribution in [0.15, 0.2) is 66.9 Å². The molecule has 0 bridgehead atoms. The van der Waals surface area contributed by atoms with Gasteiger partial charge in [-0.1, -0.05) is 55.5 Å². The highest BCUT2D eigenvalue weighted by molar-refractivity contribution is 5.95. The monoisotopic (exact) mass is 426 g/mol. The number of hydrogen-bond acceptors (Lipinski definition) is 4. The maximum atomic E-state index is 13.3. The van der Waals surface area contributed by atoms with E-state index in [1.807, 2.05) is 55.5 Å². The number of carbonyl (C=O) groups is 1. The number of aromatic nitrogens is 2. The normalized spacial score (nSPS) is 18.1. The van der Waals surface area contributed by atoms with Gasteiger partial charge in [0, 0.05) is 25.0 Å². The van der Waals surface area contributed by atoms with Gasteiger partial charge in [-0.05, 0) is 24.1 Å². The van der Waals surface area contributed by atoms with Crippen molar-refractivity contribution in [1.29, 1.82) is 0 Å². The van der Waals surface area contributed by atoms with Gasteiger partial charge in [0.05, 0.1) is 18.5 Å². The van der Waals surface area contributed by atoms with Crippen molar-refractivity contribution in [3.63, 3.8) is 0 Å². The van der Waals surface area contributed by atoms with Gasteiger partial charge in [0.1, 0.15) is 0 Å². The van der Waals surface area contributed by atoms with Gasteiger partial charge in [0.15, 0.2) is 11.4 Å². The molecule has 0 saturated carbocycles. The molecule has 30 heavy (non-hydrogen) atoms. The molecule has 0 radical (unpaired) electrons. The van der Waals surface area contributed by atoms with Crippen molar-refractivity contribution in [2.45, 2.75) is 25.3 Å². The first kappa shape index (κ1) is 21.9. The number of amides is 1. The van der Waals surface area contributed by atoms with Crippen LogP contribution < -0.4 is 10.5 Å². The molecule has 1 saturated heterocycles. The summed E-state index contributed by atoms with van der Waals surface area (Å²) in [4.78, 5) is 15.1. The van der Waals surface area contributed by atoms with Crippen LogP contribution in [-0.4, -0.2) is 46.3 Å². The molecular weight excluding hydrogens is 400 g/mol. The second-order valence-corrected chi connectivity index (χ2v) is 7.36. The molecule has 3 aromatic rings. The Kier molecular flexibility index (Phi) is 7.13. The summed E-state index contributed by atoms with van der Waals surface area (Å²) in [5, 5.41) is 4.56. The van der Waals surface area contributed by atoms with Crippen LogP contribution in [0.1, 0.15) is 35.3 Å². The van der Waals surface area contributed by atoms with Crippen LogP contribution in [0.5, 0.6) is 5.75 Å². The van der Waals surface area contributed by atoms with E-state index in [4.69, 9.17) is 10.5 Å². The Morgan fingerprint density at radius 1 is 1.10 bits per heavy atom. The Morgan fingerprint density at radius 2 is 1.77 bits per heavy atom. The van der Waals surface area contributed by atoms with Crippen LogP contribution in [0.2, 0.25) is 0 Å². The third-order valence-electron chi connectivity index (χ3n) is 5.25. The average Bonchev–Trinajstić information content (AvgIpc) is 3.37. The number of benzene rings is 2. The van der Waals surface area contributed by atoms with Crippen LogP contribution in [-0.2, 0) is 0 Å². The summed E-state index contributed by atoms with van der Waals surface area (Å²) in [6.45, 7) is 3.65. The minimum atomic E-state index is -0.139. The van der Waals surface area contributed by atoms with Crippen molar-refractivity contribution in [2.75, 3.05) is 19.7 Å². The summed E-state index contributed by atoms with van der Waals surface area (Å²) in [5.74, 6) is 0.494. The SMILES string of the molecule is CCCOc1cn(-c2ccccc2)nc1C(=O)N1C[C@@H](N)[C@H](c2ccccc2)C1.Cl. The fourth-order valence-electron chi connectivity index (χ4n) is 3.73. The van der Waals surface area contributed by atoms with Gasteiger partial charge in [-0.25, -0.2) is 4.68 Å². The van der Waals surface area contributed by atoms with Crippen LogP contribution in [0.25, 0.3) is 5.69 Å². The van der Waals surface area contributed by atoms with Crippen molar-refractivity contribution < 1.29 is 9.53 Å². The molecule has 4 rings (SSSR count). The number of ether oxygens (including phenoxy) is 1. The first-order valence-electron chi connectivity index (χ1n) is 10.0. The zero-order valence-electron chi connectivity index (χ0n) is 17.0. The van der Waals surface area contributed by atoms with Crippen molar-refractivity contribution in [2.24, 2.45) is 5.73 Å². The molecule has 2 N–H and O–H groups in total. The van der Waals surface area contributed by atoms with E-state index in [-0.39, 0.29) is 30.3 Å². The number of carbonyl (C=O) groups excluding carboxylic acids is 1. The fourth-order valence-corrected chi connectivity index (χ4v) is 3.73. The van der Waals surface area contributed by atoms with Gasteiger partial charge in [-0.2, -0.15) is 5.10 Å². The lowest BCUT2D eigenvalue weighted by Crippen LogP contribution is -2.32. The molecule has 1 fully saturated rings. The first-order valence-corrected chi connectivity index (χ1v) is 10.0. The lowest BCUT2D eigenvalue weighted by atomic mass is 9.95. The predicted octanol–water partition coefficient (Wildman–Crippen LogP) is 3.65. The van der Waals surface area contributed by atoms with Crippen LogP contribution in [0, 0.1) is 0 Å². The lowest BCUT2D eigenvalue weighted by Gasteiger charge is -2.16. The van der Waals surface area contributed by atoms with Crippen molar-refractivity contribution in [1.82, 2.24) is 14.7 Å². The largest absolute Gasteiger partial charge is 0.489 e. The third-order valence-corrected chi connectivity index (χ3v) is 5.25. The smallest absolute Gasteiger partial charge is 0.278 e. The first-order chi connectivity index (χ1) is 14.2. The van der Waals surface area contributed by atoms with E-state index in [2.05, 4.69) is 17.2 Å². The van der Waals surface area contributed by atoms with Gasteiger partial charge < -0.3 is 15.4 Å². The maximum Gasteiger partial charge on any atom is 0.278 e. The molecule has 1 amide bonds. The zero-order chi connectivity index (χ0) is 20.2. The predicted molar refractivity (Wildman–Crippen MR) is 120 cm³/mol. The summed E-state index contributed by atoms with van der Waals surface area (Å²) in [7, 11) is 0. The van der Waals surface area contributed by atoms with Crippen molar-refractivity contribution in [3.05, 3.63) is 78.1 Å². The molecule has 158 valence electrons. The molecule has 0 unspecified atom stereocenters. The number of nitrogens with zero attached hydrogens (tertiary/aromatic N) is 3. The highest BCUT2D eigenvalue weighted by Crippen LogP contribution is 2.29. The van der Waals surface area contributed by atoms with E-state index < -0.39 is 0 Å². The summed E-state index contributed by atoms with van der Waals surface area (Å²) in [6, 6.07) is 19.8. The number of hydrogen-bond donors (Lipinski definition) is 1. The van der Waals surface area contributed by atoms with E-state index in [1.54, 1.807) is 15.8 Å². The summed E-state index contributed by atoms with van der Waals surface area (Å²) >= 11 is 0. The molecule has 2 atom stereocenters. The van der Waals surface area contributed by atoms with Crippen molar-refractivity contribution in [3.8, 4) is 11.4 Å². The van der Waals surface area contributed by atoms with Gasteiger partial charge >= 0.3 is 0 Å².